The van der Waals surface area contributed by atoms with Crippen molar-refractivity contribution in [3.63, 3.8) is 0 Å². The average Bonchev–Trinajstić information content (AvgIpc) is 3.47. The lowest BCUT2D eigenvalue weighted by Crippen LogP contribution is -2.31. The van der Waals surface area contributed by atoms with Crippen molar-refractivity contribution in [2.75, 3.05) is 17.2 Å². The second-order valence-corrected chi connectivity index (χ2v) is 13.6. The van der Waals surface area contributed by atoms with Gasteiger partial charge in [0.2, 0.25) is 11.1 Å². The molecule has 1 amide bonds. The van der Waals surface area contributed by atoms with E-state index in [4.69, 9.17) is 42.8 Å². The number of rotatable bonds is 11. The van der Waals surface area contributed by atoms with Crippen molar-refractivity contribution >= 4 is 68.4 Å². The van der Waals surface area contributed by atoms with Crippen molar-refractivity contribution in [3.05, 3.63) is 133 Å². The molecule has 0 bridgehead atoms. The van der Waals surface area contributed by atoms with Crippen molar-refractivity contribution in [2.24, 2.45) is 0 Å². The van der Waals surface area contributed by atoms with E-state index in [1.165, 1.54) is 11.8 Å². The summed E-state index contributed by atoms with van der Waals surface area (Å²) in [6.07, 6.45) is 0. The van der Waals surface area contributed by atoms with Crippen LogP contribution in [-0.2, 0) is 17.2 Å². The maximum atomic E-state index is 14.2. The summed E-state index contributed by atoms with van der Waals surface area (Å²) in [6, 6.07) is 26.1. The van der Waals surface area contributed by atoms with Crippen LogP contribution in [0.3, 0.4) is 0 Å². The minimum atomic E-state index is -0.652. The third kappa shape index (κ3) is 7.37. The molecule has 0 saturated carbocycles. The van der Waals surface area contributed by atoms with Crippen molar-refractivity contribution in [1.82, 2.24) is 14.8 Å². The zero-order valence-corrected chi connectivity index (χ0v) is 30.3. The first kappa shape index (κ1) is 33.9. The average molecular weight is 766 g/mol. The topological polar surface area (TPSA) is 90.3 Å². The first-order valence-electron chi connectivity index (χ1n) is 15.2. The Hall–Kier alpha value is -3.96. The number of carbonyl (C=O) groups excluding carboxylic acids is 1. The van der Waals surface area contributed by atoms with E-state index >= 15 is 0 Å². The predicted molar refractivity (Wildman–Crippen MR) is 196 cm³/mol. The molecule has 48 heavy (non-hydrogen) atoms. The van der Waals surface area contributed by atoms with E-state index in [1.54, 1.807) is 4.68 Å². The van der Waals surface area contributed by atoms with Gasteiger partial charge in [0.15, 0.2) is 11.5 Å². The van der Waals surface area contributed by atoms with E-state index in [9.17, 15) is 4.79 Å². The summed E-state index contributed by atoms with van der Waals surface area (Å²) in [4.78, 5) is 19.0. The Morgan fingerprint density at radius 2 is 1.67 bits per heavy atom. The molecule has 0 radical (unpaired) electrons. The van der Waals surface area contributed by atoms with Gasteiger partial charge < -0.3 is 20.1 Å². The van der Waals surface area contributed by atoms with Crippen LogP contribution in [0.5, 0.6) is 11.5 Å². The van der Waals surface area contributed by atoms with Crippen LogP contribution < -0.4 is 20.1 Å². The fraction of sp³-hybridized carbons (Fsp3) is 0.194. The number of aromatic nitrogens is 3. The second kappa shape index (κ2) is 15.1. The molecule has 1 unspecified atom stereocenters. The Morgan fingerprint density at radius 3 is 2.38 bits per heavy atom. The van der Waals surface area contributed by atoms with Gasteiger partial charge in [-0.2, -0.15) is 4.98 Å². The van der Waals surface area contributed by atoms with Crippen LogP contribution in [0.1, 0.15) is 42.1 Å². The summed E-state index contributed by atoms with van der Waals surface area (Å²) >= 11 is 18.0. The molecule has 1 aromatic heterocycles. The van der Waals surface area contributed by atoms with Gasteiger partial charge >= 0.3 is 0 Å². The maximum absolute atomic E-state index is 14.2. The quantitative estimate of drug-likeness (QED) is 0.130. The van der Waals surface area contributed by atoms with E-state index < -0.39 is 6.04 Å². The number of hydrogen-bond donors (Lipinski definition) is 2. The second-order valence-electron chi connectivity index (χ2n) is 11.0. The molecule has 246 valence electrons. The zero-order valence-electron chi connectivity index (χ0n) is 26.4. The number of carbonyl (C=O) groups is 1. The largest absolute Gasteiger partial charge is 0.490 e. The number of para-hydroxylation sites is 1. The number of anilines is 2. The molecular weight excluding hydrogens is 733 g/mol. The van der Waals surface area contributed by atoms with Crippen molar-refractivity contribution in [2.45, 2.75) is 44.3 Å². The highest BCUT2D eigenvalue weighted by Gasteiger charge is 2.36. The molecule has 0 saturated heterocycles. The van der Waals surface area contributed by atoms with E-state index in [-0.39, 0.29) is 12.5 Å². The highest BCUT2D eigenvalue weighted by molar-refractivity contribution is 9.10. The minimum Gasteiger partial charge on any atom is -0.490 e. The monoisotopic (exact) mass is 763 g/mol. The van der Waals surface area contributed by atoms with Crippen LogP contribution in [0.4, 0.5) is 11.6 Å². The van der Waals surface area contributed by atoms with Gasteiger partial charge in [0.05, 0.1) is 16.7 Å². The highest BCUT2D eigenvalue weighted by atomic mass is 79.9. The number of nitrogens with one attached hydrogen (secondary N) is 2. The van der Waals surface area contributed by atoms with Crippen LogP contribution in [0, 0.1) is 6.92 Å². The Morgan fingerprint density at radius 1 is 0.979 bits per heavy atom. The van der Waals surface area contributed by atoms with Crippen molar-refractivity contribution in [1.29, 1.82) is 0 Å². The number of ether oxygens (including phenoxy) is 2. The third-order valence-corrected chi connectivity index (χ3v) is 9.98. The molecular formula is C36H32BrCl2N5O3S. The standard InChI is InChI=1S/C36H32BrCl2N5O3S/c1-4-46-30-18-25(17-26(37)33(30)47-19-23-12-6-8-14-27(23)38)32-31(34(45)41-29-16-10-5-11-21(29)2)22(3)40-35-42-36(43-44(32)35)48-20-24-13-7-9-15-28(24)39/h5-18,32H,4,19-20H2,1-3H3,(H,41,45)(H,40,42,43). The Kier molecular flexibility index (Phi) is 10.7. The lowest BCUT2D eigenvalue weighted by atomic mass is 9.94. The van der Waals surface area contributed by atoms with Gasteiger partial charge in [0.25, 0.3) is 5.91 Å². The Balaban J connectivity index is 1.40. The van der Waals surface area contributed by atoms with Gasteiger partial charge in [0, 0.05) is 32.7 Å². The summed E-state index contributed by atoms with van der Waals surface area (Å²) in [5.74, 6) is 1.87. The number of halogens is 3. The van der Waals surface area contributed by atoms with Crippen LogP contribution in [0.25, 0.3) is 0 Å². The molecule has 0 spiro atoms. The lowest BCUT2D eigenvalue weighted by Gasteiger charge is -2.29. The zero-order chi connectivity index (χ0) is 33.8. The van der Waals surface area contributed by atoms with Gasteiger partial charge in [-0.15, -0.1) is 5.10 Å². The molecule has 2 heterocycles. The van der Waals surface area contributed by atoms with Gasteiger partial charge in [-0.25, -0.2) is 4.68 Å². The summed E-state index contributed by atoms with van der Waals surface area (Å²) in [5, 5.41) is 13.2. The normalized spacial score (nSPS) is 13.9. The lowest BCUT2D eigenvalue weighted by molar-refractivity contribution is -0.113. The summed E-state index contributed by atoms with van der Waals surface area (Å²) in [5.41, 5.74) is 5.39. The Labute approximate surface area is 302 Å². The van der Waals surface area contributed by atoms with E-state index in [2.05, 4.69) is 26.6 Å². The number of fused-ring (bicyclic) bond motifs is 1. The molecule has 0 aliphatic carbocycles. The number of allylic oxidation sites excluding steroid dienone is 1. The summed E-state index contributed by atoms with van der Waals surface area (Å²) < 4.78 is 14.8. The Bertz CT molecular complexity index is 2020. The van der Waals surface area contributed by atoms with Gasteiger partial charge in [-0.3, -0.25) is 4.79 Å². The molecule has 1 atom stereocenters. The molecule has 0 fully saturated rings. The molecule has 1 aliphatic rings. The van der Waals surface area contributed by atoms with Crippen LogP contribution in [-0.4, -0.2) is 27.3 Å². The molecule has 8 nitrogen and oxygen atoms in total. The maximum Gasteiger partial charge on any atom is 0.255 e. The van der Waals surface area contributed by atoms with Crippen molar-refractivity contribution < 1.29 is 14.3 Å². The molecule has 12 heteroatoms. The fourth-order valence-electron chi connectivity index (χ4n) is 5.37. The molecule has 5 aromatic rings. The van der Waals surface area contributed by atoms with E-state index in [0.29, 0.717) is 60.8 Å². The number of hydrogen-bond acceptors (Lipinski definition) is 7. The van der Waals surface area contributed by atoms with Gasteiger partial charge in [-0.05, 0) is 83.7 Å². The molecule has 2 N–H and O–H groups in total. The smallest absolute Gasteiger partial charge is 0.255 e. The first-order chi connectivity index (χ1) is 23.2. The minimum absolute atomic E-state index is 0.243. The number of thioether (sulfide) groups is 1. The van der Waals surface area contributed by atoms with E-state index in [0.717, 1.165) is 27.9 Å². The van der Waals surface area contributed by atoms with Gasteiger partial charge in [-0.1, -0.05) is 89.6 Å². The summed E-state index contributed by atoms with van der Waals surface area (Å²) in [7, 11) is 0. The van der Waals surface area contributed by atoms with Crippen molar-refractivity contribution in [3.8, 4) is 11.5 Å². The third-order valence-electron chi connectivity index (χ3n) is 7.76. The number of aryl methyl sites for hydroxylation is 1. The van der Waals surface area contributed by atoms with Crippen LogP contribution >= 0.6 is 50.9 Å². The first-order valence-corrected chi connectivity index (χ1v) is 17.8. The van der Waals surface area contributed by atoms with E-state index in [1.807, 2.05) is 106 Å². The summed E-state index contributed by atoms with van der Waals surface area (Å²) in [6.45, 7) is 6.38. The number of benzene rings is 4. The molecule has 4 aromatic carbocycles. The number of nitrogens with zero attached hydrogens (tertiary/aromatic N) is 3. The predicted octanol–water partition coefficient (Wildman–Crippen LogP) is 9.85. The SMILES string of the molecule is CCOc1cc(C2C(C(=O)Nc3ccccc3C)=C(C)Nc3nc(SCc4ccccc4Cl)nn32)cc(Br)c1OCc1ccccc1Cl. The van der Waals surface area contributed by atoms with Crippen LogP contribution in [0.2, 0.25) is 10.0 Å². The molecule has 1 aliphatic heterocycles. The van der Waals surface area contributed by atoms with Crippen LogP contribution in [0.15, 0.2) is 106 Å². The molecule has 6 rings (SSSR count). The fourth-order valence-corrected chi connectivity index (χ4v) is 7.25. The highest BCUT2D eigenvalue weighted by Crippen LogP contribution is 2.44. The van der Waals surface area contributed by atoms with Gasteiger partial charge in [0.1, 0.15) is 12.6 Å². The number of amides is 1.